The van der Waals surface area contributed by atoms with Gasteiger partial charge in [-0.05, 0) is 43.4 Å². The van der Waals surface area contributed by atoms with Gasteiger partial charge in [0.15, 0.2) is 0 Å². The van der Waals surface area contributed by atoms with Crippen LogP contribution in [0.15, 0.2) is 24.3 Å². The van der Waals surface area contributed by atoms with Crippen LogP contribution < -0.4 is 20.7 Å². The molecule has 2 aliphatic carbocycles. The highest BCUT2D eigenvalue weighted by molar-refractivity contribution is 5.80. The van der Waals surface area contributed by atoms with Crippen molar-refractivity contribution in [1.29, 1.82) is 0 Å². The second-order valence-electron chi connectivity index (χ2n) is 10.4. The van der Waals surface area contributed by atoms with E-state index in [1.807, 2.05) is 4.90 Å². The zero-order valence-corrected chi connectivity index (χ0v) is 19.9. The summed E-state index contributed by atoms with van der Waals surface area (Å²) < 4.78 is 41.1. The Kier molecular flexibility index (Phi) is 6.16. The summed E-state index contributed by atoms with van der Waals surface area (Å²) in [7, 11) is 1.57. The number of nitrogens with one attached hydrogen (secondary N) is 3. The number of carbonyl (C=O) groups is 3. The van der Waals surface area contributed by atoms with E-state index in [1.54, 1.807) is 24.1 Å². The third-order valence-electron chi connectivity index (χ3n) is 7.53. The number of amides is 5. The summed E-state index contributed by atoms with van der Waals surface area (Å²) in [6.07, 6.45) is -1.29. The van der Waals surface area contributed by atoms with Gasteiger partial charge >= 0.3 is 18.4 Å². The molecule has 1 spiro atoms. The van der Waals surface area contributed by atoms with Crippen LogP contribution in [0.5, 0.6) is 5.75 Å². The first-order valence-corrected chi connectivity index (χ1v) is 12.2. The van der Waals surface area contributed by atoms with E-state index in [9.17, 15) is 27.6 Å². The first kappa shape index (κ1) is 24.5. The molecule has 4 atom stereocenters. The quantitative estimate of drug-likeness (QED) is 0.568. The van der Waals surface area contributed by atoms with Gasteiger partial charge in [-0.25, -0.2) is 9.59 Å². The van der Waals surface area contributed by atoms with Gasteiger partial charge in [0.25, 0.3) is 0 Å². The second-order valence-corrected chi connectivity index (χ2v) is 10.4. The Balaban J connectivity index is 1.25. The molecule has 1 aromatic carbocycles. The molecule has 2 heterocycles. The van der Waals surface area contributed by atoms with Gasteiger partial charge in [0.1, 0.15) is 5.75 Å². The van der Waals surface area contributed by atoms with E-state index in [-0.39, 0.29) is 47.8 Å². The number of urea groups is 2. The number of likely N-dealkylation sites (tertiary alicyclic amines) is 1. The minimum Gasteiger partial charge on any atom is -0.406 e. The molecule has 12 heteroatoms. The zero-order chi connectivity index (χ0) is 25.7. The van der Waals surface area contributed by atoms with Crippen LogP contribution in [0, 0.1) is 5.41 Å². The Labute approximate surface area is 206 Å². The van der Waals surface area contributed by atoms with E-state index in [0.717, 1.165) is 18.4 Å². The average Bonchev–Trinajstić information content (AvgIpc) is 3.74. The smallest absolute Gasteiger partial charge is 0.406 e. The molecule has 36 heavy (non-hydrogen) atoms. The molecular weight excluding hydrogens is 479 g/mol. The molecule has 2 saturated heterocycles. The van der Waals surface area contributed by atoms with Crippen molar-refractivity contribution in [1.82, 2.24) is 25.8 Å². The number of rotatable bonds is 5. The molecule has 4 unspecified atom stereocenters. The van der Waals surface area contributed by atoms with Crippen molar-refractivity contribution in [3.63, 3.8) is 0 Å². The summed E-state index contributed by atoms with van der Waals surface area (Å²) in [4.78, 5) is 41.6. The molecular formula is C24H30F3N5O4. The molecule has 0 aromatic heterocycles. The van der Waals surface area contributed by atoms with Crippen molar-refractivity contribution in [3.05, 3.63) is 29.8 Å². The first-order chi connectivity index (χ1) is 17.1. The van der Waals surface area contributed by atoms with Gasteiger partial charge in [0.2, 0.25) is 5.91 Å². The fourth-order valence-electron chi connectivity index (χ4n) is 5.71. The number of benzene rings is 1. The topological polar surface area (TPSA) is 103 Å². The minimum atomic E-state index is -4.74. The predicted molar refractivity (Wildman–Crippen MR) is 122 cm³/mol. The van der Waals surface area contributed by atoms with Crippen LogP contribution in [0.1, 0.15) is 43.6 Å². The van der Waals surface area contributed by atoms with E-state index < -0.39 is 11.8 Å². The Hall–Kier alpha value is -3.18. The summed E-state index contributed by atoms with van der Waals surface area (Å²) >= 11 is 0. The monoisotopic (exact) mass is 509 g/mol. The van der Waals surface area contributed by atoms with E-state index in [0.29, 0.717) is 38.9 Å². The normalized spacial score (nSPS) is 29.5. The van der Waals surface area contributed by atoms with Crippen molar-refractivity contribution < 1.29 is 32.3 Å². The van der Waals surface area contributed by atoms with E-state index in [4.69, 9.17) is 0 Å². The molecule has 3 N–H and O–H groups in total. The lowest BCUT2D eigenvalue weighted by Crippen LogP contribution is -2.61. The van der Waals surface area contributed by atoms with E-state index in [1.165, 1.54) is 12.1 Å². The van der Waals surface area contributed by atoms with E-state index in [2.05, 4.69) is 20.7 Å². The van der Waals surface area contributed by atoms with Gasteiger partial charge in [-0.1, -0.05) is 12.1 Å². The maximum atomic E-state index is 13.4. The number of nitrogens with zero attached hydrogens (tertiary/aromatic N) is 2. The Morgan fingerprint density at radius 3 is 2.50 bits per heavy atom. The Bertz CT molecular complexity index is 1030. The molecule has 4 fully saturated rings. The number of piperidine rings is 1. The molecule has 0 bridgehead atoms. The lowest BCUT2D eigenvalue weighted by molar-refractivity contribution is -0.274. The summed E-state index contributed by atoms with van der Waals surface area (Å²) in [6, 6.07) is 5.08. The summed E-state index contributed by atoms with van der Waals surface area (Å²) in [5, 5.41) is 8.64. The summed E-state index contributed by atoms with van der Waals surface area (Å²) in [5.41, 5.74) is 0.438. The van der Waals surface area contributed by atoms with Gasteiger partial charge in [-0.2, -0.15) is 0 Å². The van der Waals surface area contributed by atoms with Gasteiger partial charge < -0.3 is 30.5 Å². The third-order valence-corrected chi connectivity index (χ3v) is 7.53. The predicted octanol–water partition coefficient (Wildman–Crippen LogP) is 2.54. The number of carbonyl (C=O) groups excluding carboxylic acids is 3. The molecule has 2 saturated carbocycles. The van der Waals surface area contributed by atoms with Crippen LogP contribution >= 0.6 is 0 Å². The molecule has 1 aromatic rings. The van der Waals surface area contributed by atoms with Crippen LogP contribution in [0.3, 0.4) is 0 Å². The maximum absolute atomic E-state index is 13.4. The molecule has 4 aliphatic rings. The molecule has 5 amide bonds. The lowest BCUT2D eigenvalue weighted by Gasteiger charge is -2.47. The Morgan fingerprint density at radius 1 is 1.19 bits per heavy atom. The summed E-state index contributed by atoms with van der Waals surface area (Å²) in [6.45, 7) is 1.34. The number of hydrogen-bond donors (Lipinski definition) is 3. The van der Waals surface area contributed by atoms with Crippen molar-refractivity contribution in [3.8, 4) is 5.75 Å². The fraction of sp³-hybridized carbons (Fsp3) is 0.625. The highest BCUT2D eigenvalue weighted by Crippen LogP contribution is 2.43. The van der Waals surface area contributed by atoms with Crippen LogP contribution in [-0.2, 0) is 4.79 Å². The van der Waals surface area contributed by atoms with Crippen LogP contribution in [0.2, 0.25) is 0 Å². The molecule has 2 aliphatic heterocycles. The number of halogens is 3. The number of alkyl halides is 3. The molecule has 0 radical (unpaired) electrons. The van der Waals surface area contributed by atoms with E-state index >= 15 is 0 Å². The van der Waals surface area contributed by atoms with Crippen LogP contribution in [0.25, 0.3) is 0 Å². The second kappa shape index (κ2) is 9.04. The summed E-state index contributed by atoms with van der Waals surface area (Å²) in [5.74, 6) is -0.298. The molecule has 9 nitrogen and oxygen atoms in total. The van der Waals surface area contributed by atoms with Crippen LogP contribution in [0.4, 0.5) is 22.8 Å². The van der Waals surface area contributed by atoms with Crippen molar-refractivity contribution in [2.45, 2.75) is 62.5 Å². The van der Waals surface area contributed by atoms with Crippen molar-refractivity contribution >= 4 is 18.0 Å². The molecule has 196 valence electrons. The fourth-order valence-corrected chi connectivity index (χ4v) is 5.71. The maximum Gasteiger partial charge on any atom is 0.573 e. The molecule has 5 rings (SSSR count). The SMILES string of the molecule is CNC(=O)N1CC(N(C(=O)NC2CC2c2ccc(OC(F)(F)F)cc2)C2CC2)CC2(CNC(=O)C2)C1. The standard InChI is InChI=1S/C24H30F3N5O4/c1-28-21(34)31-11-16(9-23(13-31)10-20(33)29-12-23)32(15-4-5-15)22(35)30-19-8-18(19)14-2-6-17(7-3-14)36-24(25,26)27/h2-3,6-7,15-16,18-19H,4-5,8-13H2,1H3,(H,28,34)(H,29,33)(H,30,35). The van der Waals surface area contributed by atoms with Gasteiger partial charge in [0.05, 0.1) is 6.04 Å². The van der Waals surface area contributed by atoms with Crippen molar-refractivity contribution in [2.24, 2.45) is 5.41 Å². The van der Waals surface area contributed by atoms with Gasteiger partial charge in [0, 0.05) is 56.5 Å². The third kappa shape index (κ3) is 5.31. The number of ether oxygens (including phenoxy) is 1. The van der Waals surface area contributed by atoms with Gasteiger partial charge in [-0.15, -0.1) is 13.2 Å². The zero-order valence-electron chi connectivity index (χ0n) is 19.9. The highest BCUT2D eigenvalue weighted by atomic mass is 19.4. The lowest BCUT2D eigenvalue weighted by atomic mass is 9.76. The average molecular weight is 510 g/mol. The minimum absolute atomic E-state index is 0.0201. The van der Waals surface area contributed by atoms with Crippen molar-refractivity contribution in [2.75, 3.05) is 26.7 Å². The van der Waals surface area contributed by atoms with Gasteiger partial charge in [-0.3, -0.25) is 4.79 Å². The largest absolute Gasteiger partial charge is 0.573 e. The Morgan fingerprint density at radius 2 is 1.92 bits per heavy atom. The van der Waals surface area contributed by atoms with Crippen LogP contribution in [-0.4, -0.2) is 78.9 Å². The highest BCUT2D eigenvalue weighted by Gasteiger charge is 2.51. The number of hydrogen-bond acceptors (Lipinski definition) is 4. The first-order valence-electron chi connectivity index (χ1n) is 12.2.